The van der Waals surface area contributed by atoms with Crippen molar-refractivity contribution >= 4 is 17.3 Å². The van der Waals surface area contributed by atoms with Crippen LogP contribution in [-0.4, -0.2) is 30.9 Å². The highest BCUT2D eigenvalue weighted by atomic mass is 32.1. The fourth-order valence-corrected chi connectivity index (χ4v) is 1.36. The van der Waals surface area contributed by atoms with Gasteiger partial charge in [-0.2, -0.15) is 0 Å². The molecule has 0 aromatic carbocycles. The van der Waals surface area contributed by atoms with Crippen LogP contribution >= 0.6 is 12.2 Å². The maximum atomic E-state index is 5.17. The molecule has 14 heavy (non-hydrogen) atoms. The second-order valence-corrected chi connectivity index (χ2v) is 4.05. The minimum absolute atomic E-state index is 0.108. The highest BCUT2D eigenvalue weighted by Crippen LogP contribution is 2.12. The van der Waals surface area contributed by atoms with E-state index in [2.05, 4.69) is 31.4 Å². The van der Waals surface area contributed by atoms with E-state index in [1.165, 1.54) is 0 Å². The predicted molar refractivity (Wildman–Crippen MR) is 64.6 cm³/mol. The molecule has 2 N–H and O–H groups in total. The second-order valence-electron chi connectivity index (χ2n) is 3.64. The van der Waals surface area contributed by atoms with E-state index >= 15 is 0 Å². The molecular formula is C10H22N2OS. The van der Waals surface area contributed by atoms with Crippen LogP contribution in [0, 0.1) is 0 Å². The Balaban J connectivity index is 3.80. The van der Waals surface area contributed by atoms with Gasteiger partial charge < -0.3 is 15.4 Å². The van der Waals surface area contributed by atoms with Gasteiger partial charge in [0.1, 0.15) is 0 Å². The number of ether oxygens (including phenoxy) is 1. The molecule has 0 aromatic rings. The molecule has 0 heterocycles. The van der Waals surface area contributed by atoms with Crippen LogP contribution in [0.2, 0.25) is 0 Å². The smallest absolute Gasteiger partial charge is 0.166 e. The predicted octanol–water partition coefficient (Wildman–Crippen LogP) is 1.68. The average Bonchev–Trinajstić information content (AvgIpc) is 2.18. The molecule has 0 aliphatic carbocycles. The van der Waals surface area contributed by atoms with Crippen LogP contribution in [0.4, 0.5) is 0 Å². The third-order valence-corrected chi connectivity index (χ3v) is 2.81. The number of methoxy groups -OCH3 is 1. The summed E-state index contributed by atoms with van der Waals surface area (Å²) < 4.78 is 4.93. The van der Waals surface area contributed by atoms with Crippen LogP contribution in [0.25, 0.3) is 0 Å². The normalized spacial score (nSPS) is 11.1. The van der Waals surface area contributed by atoms with Crippen molar-refractivity contribution in [3.8, 4) is 0 Å². The molecule has 0 rings (SSSR count). The minimum Gasteiger partial charge on any atom is -0.383 e. The highest BCUT2D eigenvalue weighted by molar-refractivity contribution is 7.80. The van der Waals surface area contributed by atoms with Crippen molar-refractivity contribution in [3.63, 3.8) is 0 Å². The Morgan fingerprint density at radius 1 is 1.36 bits per heavy atom. The summed E-state index contributed by atoms with van der Waals surface area (Å²) >= 11 is 5.17. The second kappa shape index (κ2) is 7.01. The Bertz CT molecular complexity index is 170. The van der Waals surface area contributed by atoms with Crippen molar-refractivity contribution in [2.75, 3.05) is 20.3 Å². The van der Waals surface area contributed by atoms with Crippen molar-refractivity contribution in [1.29, 1.82) is 0 Å². The first kappa shape index (κ1) is 13.7. The molecule has 0 saturated heterocycles. The van der Waals surface area contributed by atoms with E-state index in [0.717, 1.165) is 19.4 Å². The van der Waals surface area contributed by atoms with Crippen molar-refractivity contribution in [2.45, 2.75) is 39.2 Å². The lowest BCUT2D eigenvalue weighted by Crippen LogP contribution is -2.49. The lowest BCUT2D eigenvalue weighted by molar-refractivity contribution is 0.203. The fraction of sp³-hybridized carbons (Fsp3) is 0.900. The van der Waals surface area contributed by atoms with E-state index in [0.29, 0.717) is 11.7 Å². The van der Waals surface area contributed by atoms with Gasteiger partial charge >= 0.3 is 0 Å². The summed E-state index contributed by atoms with van der Waals surface area (Å²) in [5.74, 6) is 0. The topological polar surface area (TPSA) is 33.3 Å². The number of hydrogen-bond acceptors (Lipinski definition) is 2. The van der Waals surface area contributed by atoms with Crippen LogP contribution in [0.15, 0.2) is 0 Å². The molecule has 0 unspecified atom stereocenters. The Kier molecular flexibility index (Phi) is 6.83. The third kappa shape index (κ3) is 5.40. The molecule has 0 aliphatic heterocycles. The first-order chi connectivity index (χ1) is 6.58. The Hall–Kier alpha value is -0.350. The Morgan fingerprint density at radius 3 is 2.36 bits per heavy atom. The molecule has 0 atom stereocenters. The van der Waals surface area contributed by atoms with Gasteiger partial charge in [-0.15, -0.1) is 0 Å². The quantitative estimate of drug-likeness (QED) is 0.525. The third-order valence-electron chi connectivity index (χ3n) is 2.57. The van der Waals surface area contributed by atoms with Crippen LogP contribution in [0.5, 0.6) is 0 Å². The molecule has 0 fully saturated rings. The fourth-order valence-electron chi connectivity index (χ4n) is 1.01. The van der Waals surface area contributed by atoms with Crippen LogP contribution in [0.3, 0.4) is 0 Å². The molecule has 0 saturated carbocycles. The van der Waals surface area contributed by atoms with Crippen LogP contribution in [-0.2, 0) is 4.74 Å². The van der Waals surface area contributed by atoms with Gasteiger partial charge in [0.05, 0.1) is 6.61 Å². The number of rotatable bonds is 6. The standard InChI is InChI=1S/C10H22N2OS/c1-5-10(3,6-2)12-9(14)11-7-8-13-4/h5-8H2,1-4H3,(H2,11,12,14). The summed E-state index contributed by atoms with van der Waals surface area (Å²) in [7, 11) is 1.68. The van der Waals surface area contributed by atoms with Crippen LogP contribution < -0.4 is 10.6 Å². The average molecular weight is 218 g/mol. The summed E-state index contributed by atoms with van der Waals surface area (Å²) in [6.07, 6.45) is 2.13. The SMILES string of the molecule is CCC(C)(CC)NC(=S)NCCOC. The van der Waals surface area contributed by atoms with Crippen molar-refractivity contribution in [3.05, 3.63) is 0 Å². The van der Waals surface area contributed by atoms with Gasteiger partial charge in [0, 0.05) is 19.2 Å². The maximum Gasteiger partial charge on any atom is 0.166 e. The highest BCUT2D eigenvalue weighted by Gasteiger charge is 2.19. The van der Waals surface area contributed by atoms with Gasteiger partial charge in [0.15, 0.2) is 5.11 Å². The van der Waals surface area contributed by atoms with Gasteiger partial charge in [-0.3, -0.25) is 0 Å². The monoisotopic (exact) mass is 218 g/mol. The minimum atomic E-state index is 0.108. The largest absolute Gasteiger partial charge is 0.383 e. The summed E-state index contributed by atoms with van der Waals surface area (Å²) in [5, 5.41) is 7.14. The van der Waals surface area contributed by atoms with Gasteiger partial charge in [-0.1, -0.05) is 13.8 Å². The van der Waals surface area contributed by atoms with Crippen molar-refractivity contribution < 1.29 is 4.74 Å². The molecular weight excluding hydrogens is 196 g/mol. The summed E-state index contributed by atoms with van der Waals surface area (Å²) in [4.78, 5) is 0. The first-order valence-electron chi connectivity index (χ1n) is 5.13. The molecule has 84 valence electrons. The van der Waals surface area contributed by atoms with E-state index in [1.807, 2.05) is 0 Å². The zero-order chi connectivity index (χ0) is 11.0. The number of nitrogens with one attached hydrogen (secondary N) is 2. The van der Waals surface area contributed by atoms with Gasteiger partial charge in [-0.25, -0.2) is 0 Å². The Labute approximate surface area is 92.6 Å². The summed E-state index contributed by atoms with van der Waals surface area (Å²) in [6, 6.07) is 0. The van der Waals surface area contributed by atoms with E-state index in [9.17, 15) is 0 Å². The zero-order valence-electron chi connectivity index (χ0n) is 9.64. The summed E-state index contributed by atoms with van der Waals surface area (Å²) in [5.41, 5.74) is 0.108. The lowest BCUT2D eigenvalue weighted by atomic mass is 9.96. The Morgan fingerprint density at radius 2 is 1.93 bits per heavy atom. The molecule has 0 bridgehead atoms. The summed E-state index contributed by atoms with van der Waals surface area (Å²) in [6.45, 7) is 7.93. The zero-order valence-corrected chi connectivity index (χ0v) is 10.5. The molecule has 4 heteroatoms. The van der Waals surface area contributed by atoms with Gasteiger partial charge in [0.25, 0.3) is 0 Å². The van der Waals surface area contributed by atoms with Crippen molar-refractivity contribution in [2.24, 2.45) is 0 Å². The molecule has 0 amide bonds. The van der Waals surface area contributed by atoms with Crippen molar-refractivity contribution in [1.82, 2.24) is 10.6 Å². The van der Waals surface area contributed by atoms with Gasteiger partial charge in [-0.05, 0) is 32.0 Å². The molecule has 0 aliphatic rings. The molecule has 0 aromatic heterocycles. The van der Waals surface area contributed by atoms with E-state index in [4.69, 9.17) is 17.0 Å². The first-order valence-corrected chi connectivity index (χ1v) is 5.53. The van der Waals surface area contributed by atoms with E-state index < -0.39 is 0 Å². The molecule has 0 spiro atoms. The van der Waals surface area contributed by atoms with Crippen LogP contribution in [0.1, 0.15) is 33.6 Å². The maximum absolute atomic E-state index is 5.17. The number of thiocarbonyl (C=S) groups is 1. The molecule has 0 radical (unpaired) electrons. The van der Waals surface area contributed by atoms with E-state index in [1.54, 1.807) is 7.11 Å². The number of hydrogen-bond donors (Lipinski definition) is 2. The lowest BCUT2D eigenvalue weighted by Gasteiger charge is -2.29. The van der Waals surface area contributed by atoms with Gasteiger partial charge in [0.2, 0.25) is 0 Å². The molecule has 3 nitrogen and oxygen atoms in total. The van der Waals surface area contributed by atoms with E-state index in [-0.39, 0.29) is 5.54 Å².